The Kier molecular flexibility index (Phi) is 6.50. The zero-order valence-corrected chi connectivity index (χ0v) is 11.7. The number of nitrogens with one attached hydrogen (secondary N) is 1. The standard InChI is InChI=1S/C15H23FN2O/c1-11(2)7-12(9-17)8-15(19)18-10-13-5-3-4-6-14(13)16/h3-6,11-12H,7-10,17H2,1-2H3,(H,18,19)/t12-/m0/s1. The summed E-state index contributed by atoms with van der Waals surface area (Å²) in [5.74, 6) is 0.355. The minimum Gasteiger partial charge on any atom is -0.352 e. The van der Waals surface area contributed by atoms with E-state index in [0.29, 0.717) is 24.4 Å². The highest BCUT2D eigenvalue weighted by molar-refractivity contribution is 5.76. The third kappa shape index (κ3) is 5.83. The summed E-state index contributed by atoms with van der Waals surface area (Å²) in [4.78, 5) is 11.8. The summed E-state index contributed by atoms with van der Waals surface area (Å²) in [7, 11) is 0. The third-order valence-corrected chi connectivity index (χ3v) is 3.05. The van der Waals surface area contributed by atoms with Crippen LogP contribution < -0.4 is 11.1 Å². The second-order valence-corrected chi connectivity index (χ2v) is 5.30. The van der Waals surface area contributed by atoms with Crippen LogP contribution in [0.1, 0.15) is 32.3 Å². The number of benzene rings is 1. The van der Waals surface area contributed by atoms with Crippen LogP contribution in [0.4, 0.5) is 4.39 Å². The molecule has 0 aliphatic rings. The lowest BCUT2D eigenvalue weighted by atomic mass is 9.94. The van der Waals surface area contributed by atoms with Crippen LogP contribution in [0.25, 0.3) is 0 Å². The molecule has 3 nitrogen and oxygen atoms in total. The van der Waals surface area contributed by atoms with Gasteiger partial charge in [0.05, 0.1) is 0 Å². The predicted molar refractivity (Wildman–Crippen MR) is 74.9 cm³/mol. The first-order valence-corrected chi connectivity index (χ1v) is 6.73. The topological polar surface area (TPSA) is 55.1 Å². The van der Waals surface area contributed by atoms with Crippen LogP contribution in [-0.4, -0.2) is 12.5 Å². The van der Waals surface area contributed by atoms with Crippen LogP contribution in [0.5, 0.6) is 0 Å². The van der Waals surface area contributed by atoms with Crippen molar-refractivity contribution in [3.8, 4) is 0 Å². The first-order chi connectivity index (χ1) is 9.02. The molecule has 1 aromatic carbocycles. The molecule has 4 heteroatoms. The number of carbonyl (C=O) groups is 1. The number of rotatable bonds is 7. The highest BCUT2D eigenvalue weighted by Gasteiger charge is 2.14. The Balaban J connectivity index is 2.41. The average Bonchev–Trinajstić information content (AvgIpc) is 2.36. The molecular formula is C15H23FN2O. The summed E-state index contributed by atoms with van der Waals surface area (Å²) in [5.41, 5.74) is 6.16. The molecule has 0 fully saturated rings. The van der Waals surface area contributed by atoms with Crippen molar-refractivity contribution < 1.29 is 9.18 Å². The Morgan fingerprint density at radius 1 is 1.37 bits per heavy atom. The van der Waals surface area contributed by atoms with Gasteiger partial charge in [0.25, 0.3) is 0 Å². The van der Waals surface area contributed by atoms with E-state index >= 15 is 0 Å². The van der Waals surface area contributed by atoms with Gasteiger partial charge >= 0.3 is 0 Å². The Morgan fingerprint density at radius 3 is 2.63 bits per heavy atom. The molecule has 0 unspecified atom stereocenters. The van der Waals surface area contributed by atoms with E-state index in [-0.39, 0.29) is 24.2 Å². The molecule has 0 heterocycles. The summed E-state index contributed by atoms with van der Waals surface area (Å²) in [5, 5.41) is 2.74. The van der Waals surface area contributed by atoms with E-state index in [1.807, 2.05) is 0 Å². The van der Waals surface area contributed by atoms with Gasteiger partial charge in [0.1, 0.15) is 5.82 Å². The zero-order chi connectivity index (χ0) is 14.3. The van der Waals surface area contributed by atoms with Gasteiger partial charge in [0, 0.05) is 18.5 Å². The molecule has 0 aliphatic heterocycles. The van der Waals surface area contributed by atoms with Gasteiger partial charge in [-0.25, -0.2) is 4.39 Å². The maximum atomic E-state index is 13.4. The Bertz CT molecular complexity index is 407. The molecule has 0 aromatic heterocycles. The fraction of sp³-hybridized carbons (Fsp3) is 0.533. The second-order valence-electron chi connectivity index (χ2n) is 5.30. The maximum Gasteiger partial charge on any atom is 0.220 e. The van der Waals surface area contributed by atoms with Crippen molar-refractivity contribution in [3.05, 3.63) is 35.6 Å². The molecule has 106 valence electrons. The van der Waals surface area contributed by atoms with Gasteiger partial charge in [0.15, 0.2) is 0 Å². The number of carbonyl (C=O) groups excluding carboxylic acids is 1. The van der Waals surface area contributed by atoms with E-state index in [4.69, 9.17) is 5.73 Å². The molecule has 3 N–H and O–H groups in total. The van der Waals surface area contributed by atoms with Gasteiger partial charge < -0.3 is 11.1 Å². The normalized spacial score (nSPS) is 12.5. The zero-order valence-electron chi connectivity index (χ0n) is 11.7. The van der Waals surface area contributed by atoms with Crippen LogP contribution in [0.2, 0.25) is 0 Å². The van der Waals surface area contributed by atoms with Crippen molar-refractivity contribution in [2.24, 2.45) is 17.6 Å². The van der Waals surface area contributed by atoms with Crippen LogP contribution >= 0.6 is 0 Å². The lowest BCUT2D eigenvalue weighted by molar-refractivity contribution is -0.122. The van der Waals surface area contributed by atoms with Crippen molar-refractivity contribution in [2.45, 2.75) is 33.2 Å². The molecule has 1 atom stereocenters. The number of amides is 1. The first kappa shape index (κ1) is 15.6. The van der Waals surface area contributed by atoms with E-state index in [1.165, 1.54) is 6.07 Å². The molecule has 0 spiro atoms. The Labute approximate surface area is 114 Å². The first-order valence-electron chi connectivity index (χ1n) is 6.73. The van der Waals surface area contributed by atoms with Crippen LogP contribution in [0.15, 0.2) is 24.3 Å². The van der Waals surface area contributed by atoms with Gasteiger partial charge in [-0.2, -0.15) is 0 Å². The van der Waals surface area contributed by atoms with Crippen molar-refractivity contribution in [1.29, 1.82) is 0 Å². The maximum absolute atomic E-state index is 13.4. The smallest absolute Gasteiger partial charge is 0.220 e. The highest BCUT2D eigenvalue weighted by atomic mass is 19.1. The average molecular weight is 266 g/mol. The van der Waals surface area contributed by atoms with Crippen molar-refractivity contribution in [1.82, 2.24) is 5.32 Å². The summed E-state index contributed by atoms with van der Waals surface area (Å²) >= 11 is 0. The fourth-order valence-electron chi connectivity index (χ4n) is 2.10. The lowest BCUT2D eigenvalue weighted by Gasteiger charge is -2.16. The van der Waals surface area contributed by atoms with Crippen molar-refractivity contribution >= 4 is 5.91 Å². The monoisotopic (exact) mass is 266 g/mol. The predicted octanol–water partition coefficient (Wildman–Crippen LogP) is 2.45. The highest BCUT2D eigenvalue weighted by Crippen LogP contribution is 2.14. The van der Waals surface area contributed by atoms with Gasteiger partial charge in [-0.05, 0) is 30.9 Å². The molecule has 0 radical (unpaired) electrons. The number of hydrogen-bond donors (Lipinski definition) is 2. The molecule has 1 aromatic rings. The third-order valence-electron chi connectivity index (χ3n) is 3.05. The lowest BCUT2D eigenvalue weighted by Crippen LogP contribution is -2.28. The van der Waals surface area contributed by atoms with Crippen LogP contribution in [0, 0.1) is 17.7 Å². The van der Waals surface area contributed by atoms with Gasteiger partial charge in [-0.1, -0.05) is 32.0 Å². The fourth-order valence-corrected chi connectivity index (χ4v) is 2.10. The Morgan fingerprint density at radius 2 is 2.05 bits per heavy atom. The molecule has 0 aliphatic carbocycles. The van der Waals surface area contributed by atoms with Gasteiger partial charge in [-0.3, -0.25) is 4.79 Å². The molecule has 1 amide bonds. The second kappa shape index (κ2) is 7.89. The van der Waals surface area contributed by atoms with Crippen molar-refractivity contribution in [2.75, 3.05) is 6.54 Å². The molecule has 0 bridgehead atoms. The molecule has 1 rings (SSSR count). The molecule has 0 saturated carbocycles. The van der Waals surface area contributed by atoms with E-state index in [2.05, 4.69) is 19.2 Å². The summed E-state index contributed by atoms with van der Waals surface area (Å²) in [6.45, 7) is 4.95. The summed E-state index contributed by atoms with van der Waals surface area (Å²) < 4.78 is 13.4. The number of nitrogens with two attached hydrogens (primary N) is 1. The quantitative estimate of drug-likeness (QED) is 0.796. The number of hydrogen-bond acceptors (Lipinski definition) is 2. The minimum absolute atomic E-state index is 0.0700. The molecule has 19 heavy (non-hydrogen) atoms. The largest absolute Gasteiger partial charge is 0.352 e. The van der Waals surface area contributed by atoms with E-state index < -0.39 is 0 Å². The van der Waals surface area contributed by atoms with Crippen molar-refractivity contribution in [3.63, 3.8) is 0 Å². The molecule has 0 saturated heterocycles. The van der Waals surface area contributed by atoms with E-state index in [0.717, 1.165) is 6.42 Å². The summed E-state index contributed by atoms with van der Waals surface area (Å²) in [6, 6.07) is 6.45. The van der Waals surface area contributed by atoms with Gasteiger partial charge in [0.2, 0.25) is 5.91 Å². The molecular weight excluding hydrogens is 243 g/mol. The Hall–Kier alpha value is -1.42. The van der Waals surface area contributed by atoms with E-state index in [1.54, 1.807) is 18.2 Å². The minimum atomic E-state index is -0.291. The van der Waals surface area contributed by atoms with Gasteiger partial charge in [-0.15, -0.1) is 0 Å². The number of halogens is 1. The summed E-state index contributed by atoms with van der Waals surface area (Å²) in [6.07, 6.45) is 1.34. The SMILES string of the molecule is CC(C)C[C@H](CN)CC(=O)NCc1ccccc1F. The van der Waals surface area contributed by atoms with Crippen LogP contribution in [0.3, 0.4) is 0 Å². The van der Waals surface area contributed by atoms with E-state index in [9.17, 15) is 9.18 Å². The van der Waals surface area contributed by atoms with Crippen LogP contribution in [-0.2, 0) is 11.3 Å².